The van der Waals surface area contributed by atoms with E-state index in [1.54, 1.807) is 0 Å². The summed E-state index contributed by atoms with van der Waals surface area (Å²) in [6, 6.07) is 0.361. The topological polar surface area (TPSA) is 43.8 Å². The Hall–Kier alpha value is -0.830. The van der Waals surface area contributed by atoms with Gasteiger partial charge in [0.1, 0.15) is 0 Å². The second-order valence-electron chi connectivity index (χ2n) is 5.36. The molecule has 1 saturated carbocycles. The lowest BCUT2D eigenvalue weighted by Gasteiger charge is -2.17. The van der Waals surface area contributed by atoms with Gasteiger partial charge in [-0.15, -0.1) is 0 Å². The summed E-state index contributed by atoms with van der Waals surface area (Å²) in [5.41, 5.74) is 8.57. The van der Waals surface area contributed by atoms with Crippen molar-refractivity contribution < 1.29 is 0 Å². The molecule has 0 unspecified atom stereocenters. The second-order valence-corrected chi connectivity index (χ2v) is 5.36. The van der Waals surface area contributed by atoms with Crippen molar-refractivity contribution >= 4 is 0 Å². The van der Waals surface area contributed by atoms with Gasteiger partial charge in [0.25, 0.3) is 0 Å². The van der Waals surface area contributed by atoms with Gasteiger partial charge >= 0.3 is 0 Å². The van der Waals surface area contributed by atoms with Crippen molar-refractivity contribution in [2.75, 3.05) is 0 Å². The molecule has 78 valence electrons. The fourth-order valence-corrected chi connectivity index (χ4v) is 1.93. The molecule has 0 aromatic carbocycles. The summed E-state index contributed by atoms with van der Waals surface area (Å²) in [5, 5.41) is 4.54. The maximum Gasteiger partial charge on any atom is 0.0713 e. The summed E-state index contributed by atoms with van der Waals surface area (Å²) in [6.07, 6.45) is 3.24. The average Bonchev–Trinajstić information content (AvgIpc) is 2.58. The molecule has 3 heteroatoms. The third-order valence-electron chi connectivity index (χ3n) is 2.81. The van der Waals surface area contributed by atoms with Crippen molar-refractivity contribution in [1.82, 2.24) is 9.78 Å². The van der Waals surface area contributed by atoms with Gasteiger partial charge in [-0.1, -0.05) is 20.8 Å². The van der Waals surface area contributed by atoms with Crippen LogP contribution in [-0.4, -0.2) is 15.8 Å². The Morgan fingerprint density at radius 1 is 1.50 bits per heavy atom. The van der Waals surface area contributed by atoms with E-state index in [-0.39, 0.29) is 5.41 Å². The SMILES string of the molecule is Cn1cc([C@@H]2C[C@H]2N)c(C(C)(C)C)n1. The third-order valence-corrected chi connectivity index (χ3v) is 2.81. The van der Waals surface area contributed by atoms with Gasteiger partial charge in [0.2, 0.25) is 0 Å². The minimum absolute atomic E-state index is 0.124. The first-order valence-electron chi connectivity index (χ1n) is 5.19. The number of hydrogen-bond donors (Lipinski definition) is 1. The highest BCUT2D eigenvalue weighted by Gasteiger charge is 2.39. The zero-order valence-corrected chi connectivity index (χ0v) is 9.41. The molecule has 0 amide bonds. The van der Waals surface area contributed by atoms with Crippen molar-refractivity contribution in [3.63, 3.8) is 0 Å². The van der Waals surface area contributed by atoms with Gasteiger partial charge in [-0.05, 0) is 12.0 Å². The molecule has 1 aromatic rings. The Balaban J connectivity index is 2.39. The molecule has 0 saturated heterocycles. The predicted octanol–water partition coefficient (Wildman–Crippen LogP) is 1.53. The molecule has 1 heterocycles. The summed E-state index contributed by atoms with van der Waals surface area (Å²) >= 11 is 0. The molecule has 2 N–H and O–H groups in total. The monoisotopic (exact) mass is 193 g/mol. The fourth-order valence-electron chi connectivity index (χ4n) is 1.93. The maximum atomic E-state index is 5.88. The van der Waals surface area contributed by atoms with E-state index in [1.165, 1.54) is 11.3 Å². The molecular formula is C11H19N3. The molecule has 3 nitrogen and oxygen atoms in total. The normalized spacial score (nSPS) is 26.6. The molecular weight excluding hydrogens is 174 g/mol. The average molecular weight is 193 g/mol. The molecule has 0 aliphatic heterocycles. The second kappa shape index (κ2) is 2.83. The van der Waals surface area contributed by atoms with E-state index in [4.69, 9.17) is 5.73 Å². The number of nitrogens with zero attached hydrogens (tertiary/aromatic N) is 2. The summed E-state index contributed by atoms with van der Waals surface area (Å²) in [7, 11) is 1.98. The van der Waals surface area contributed by atoms with E-state index in [2.05, 4.69) is 32.1 Å². The Morgan fingerprint density at radius 2 is 2.07 bits per heavy atom. The smallest absolute Gasteiger partial charge is 0.0713 e. The summed E-state index contributed by atoms with van der Waals surface area (Å²) in [6.45, 7) is 6.60. The molecule has 2 atom stereocenters. The molecule has 2 rings (SSSR count). The highest BCUT2D eigenvalue weighted by Crippen LogP contribution is 2.42. The summed E-state index contributed by atoms with van der Waals surface area (Å²) < 4.78 is 1.90. The Kier molecular flexibility index (Phi) is 1.96. The van der Waals surface area contributed by atoms with Crippen molar-refractivity contribution in [1.29, 1.82) is 0 Å². The lowest BCUT2D eigenvalue weighted by molar-refractivity contribution is 0.548. The van der Waals surface area contributed by atoms with Gasteiger partial charge in [0, 0.05) is 30.6 Å². The molecule has 14 heavy (non-hydrogen) atoms. The fraction of sp³-hybridized carbons (Fsp3) is 0.727. The summed E-state index contributed by atoms with van der Waals surface area (Å²) in [5.74, 6) is 0.554. The van der Waals surface area contributed by atoms with Gasteiger partial charge in [0.15, 0.2) is 0 Å². The van der Waals surface area contributed by atoms with Crippen LogP contribution in [0.5, 0.6) is 0 Å². The van der Waals surface area contributed by atoms with E-state index in [1.807, 2.05) is 11.7 Å². The predicted molar refractivity (Wildman–Crippen MR) is 57.2 cm³/mol. The number of aryl methyl sites for hydroxylation is 1. The number of aromatic nitrogens is 2. The highest BCUT2D eigenvalue weighted by atomic mass is 15.3. The molecule has 1 aliphatic carbocycles. The van der Waals surface area contributed by atoms with E-state index in [0.717, 1.165) is 6.42 Å². The van der Waals surface area contributed by atoms with Crippen LogP contribution in [0.1, 0.15) is 44.4 Å². The van der Waals surface area contributed by atoms with Crippen molar-refractivity contribution in [3.05, 3.63) is 17.5 Å². The number of rotatable bonds is 1. The first-order valence-corrected chi connectivity index (χ1v) is 5.19. The van der Waals surface area contributed by atoms with E-state index < -0.39 is 0 Å². The number of nitrogens with two attached hydrogens (primary N) is 1. The summed E-state index contributed by atoms with van der Waals surface area (Å²) in [4.78, 5) is 0. The molecule has 1 fully saturated rings. The van der Waals surface area contributed by atoms with Gasteiger partial charge in [-0.2, -0.15) is 5.10 Å². The molecule has 0 bridgehead atoms. The van der Waals surface area contributed by atoms with Gasteiger partial charge in [-0.3, -0.25) is 4.68 Å². The van der Waals surface area contributed by atoms with E-state index in [0.29, 0.717) is 12.0 Å². The first kappa shape index (κ1) is 9.71. The van der Waals surface area contributed by atoms with Gasteiger partial charge in [-0.25, -0.2) is 0 Å². The van der Waals surface area contributed by atoms with E-state index in [9.17, 15) is 0 Å². The quantitative estimate of drug-likeness (QED) is 0.735. The van der Waals surface area contributed by atoms with Crippen molar-refractivity contribution in [2.24, 2.45) is 12.8 Å². The molecule has 0 spiro atoms. The van der Waals surface area contributed by atoms with Crippen LogP contribution in [0, 0.1) is 0 Å². The van der Waals surface area contributed by atoms with Gasteiger partial charge in [0.05, 0.1) is 5.69 Å². The van der Waals surface area contributed by atoms with Crippen LogP contribution in [0.4, 0.5) is 0 Å². The zero-order chi connectivity index (χ0) is 10.5. The highest BCUT2D eigenvalue weighted by molar-refractivity contribution is 5.33. The van der Waals surface area contributed by atoms with Crippen LogP contribution in [-0.2, 0) is 12.5 Å². The van der Waals surface area contributed by atoms with Crippen molar-refractivity contribution in [2.45, 2.75) is 44.6 Å². The third kappa shape index (κ3) is 1.57. The van der Waals surface area contributed by atoms with Gasteiger partial charge < -0.3 is 5.73 Å². The maximum absolute atomic E-state index is 5.88. The Labute approximate surface area is 85.3 Å². The Morgan fingerprint density at radius 3 is 2.50 bits per heavy atom. The Bertz CT molecular complexity index is 346. The lowest BCUT2D eigenvalue weighted by atomic mass is 9.88. The van der Waals surface area contributed by atoms with Crippen LogP contribution >= 0.6 is 0 Å². The lowest BCUT2D eigenvalue weighted by Crippen LogP contribution is -2.15. The van der Waals surface area contributed by atoms with Crippen LogP contribution in [0.3, 0.4) is 0 Å². The van der Waals surface area contributed by atoms with Crippen LogP contribution in [0.2, 0.25) is 0 Å². The first-order chi connectivity index (χ1) is 6.39. The molecule has 1 aliphatic rings. The molecule has 1 aromatic heterocycles. The van der Waals surface area contributed by atoms with Crippen LogP contribution in [0.25, 0.3) is 0 Å². The minimum atomic E-state index is 0.124. The molecule has 0 radical (unpaired) electrons. The number of hydrogen-bond acceptors (Lipinski definition) is 2. The minimum Gasteiger partial charge on any atom is -0.327 e. The van der Waals surface area contributed by atoms with Crippen molar-refractivity contribution in [3.8, 4) is 0 Å². The van der Waals surface area contributed by atoms with Crippen LogP contribution < -0.4 is 5.73 Å². The standard InChI is InChI=1S/C11H19N3/c1-11(2,3)10-8(6-14(4)13-10)7-5-9(7)12/h6-7,9H,5,12H2,1-4H3/t7-,9+/m0/s1. The zero-order valence-electron chi connectivity index (χ0n) is 9.41. The van der Waals surface area contributed by atoms with Crippen LogP contribution in [0.15, 0.2) is 6.20 Å². The van der Waals surface area contributed by atoms with E-state index >= 15 is 0 Å². The largest absolute Gasteiger partial charge is 0.327 e.